The molecule has 1 atom stereocenters. The highest BCUT2D eigenvalue weighted by Crippen LogP contribution is 2.31. The molecule has 1 N–H and O–H groups in total. The number of pyridine rings is 2. The van der Waals surface area contributed by atoms with Gasteiger partial charge < -0.3 is 5.11 Å². The first-order chi connectivity index (χ1) is 11.6. The molecular formula is C17H16FN5O. The predicted molar refractivity (Wildman–Crippen MR) is 84.8 cm³/mol. The van der Waals surface area contributed by atoms with Gasteiger partial charge in [-0.1, -0.05) is 6.07 Å². The van der Waals surface area contributed by atoms with E-state index in [1.807, 2.05) is 25.4 Å². The fourth-order valence-corrected chi connectivity index (χ4v) is 2.94. The highest BCUT2D eigenvalue weighted by atomic mass is 19.1. The topological polar surface area (TPSA) is 67.1 Å². The zero-order valence-electron chi connectivity index (χ0n) is 13.1. The van der Waals surface area contributed by atoms with E-state index >= 15 is 0 Å². The Morgan fingerprint density at radius 2 is 2.17 bits per heavy atom. The molecule has 0 spiro atoms. The summed E-state index contributed by atoms with van der Waals surface area (Å²) in [6.07, 6.45) is 5.92. The maximum atomic E-state index is 14.4. The molecule has 0 radical (unpaired) electrons. The molecule has 0 aliphatic carbocycles. The van der Waals surface area contributed by atoms with Gasteiger partial charge in [-0.05, 0) is 17.7 Å². The smallest absolute Gasteiger partial charge is 0.151 e. The minimum atomic E-state index is -0.833. The Hall–Kier alpha value is -2.64. The number of fused-ring (bicyclic) bond motifs is 1. The summed E-state index contributed by atoms with van der Waals surface area (Å²) in [6, 6.07) is 5.20. The fraction of sp³-hybridized carbons (Fsp3) is 0.235. The van der Waals surface area contributed by atoms with E-state index < -0.39 is 12.0 Å². The van der Waals surface area contributed by atoms with Gasteiger partial charge in [-0.25, -0.2) is 4.39 Å². The third-order valence-corrected chi connectivity index (χ3v) is 4.20. The average molecular weight is 325 g/mol. The Balaban J connectivity index is 1.56. The summed E-state index contributed by atoms with van der Waals surface area (Å²) in [4.78, 5) is 10.2. The van der Waals surface area contributed by atoms with Gasteiger partial charge in [0.25, 0.3) is 0 Å². The van der Waals surface area contributed by atoms with Crippen molar-refractivity contribution in [2.24, 2.45) is 7.05 Å². The molecule has 1 aliphatic rings. The van der Waals surface area contributed by atoms with Crippen LogP contribution in [0.25, 0.3) is 11.1 Å². The molecule has 122 valence electrons. The molecule has 24 heavy (non-hydrogen) atoms. The number of hydrogen-bond acceptors (Lipinski definition) is 5. The molecule has 3 aromatic heterocycles. The van der Waals surface area contributed by atoms with Crippen LogP contribution in [-0.2, 0) is 20.1 Å². The number of aliphatic hydroxyl groups excluding tert-OH is 1. The number of aryl methyl sites for hydroxylation is 1. The molecule has 4 heterocycles. The molecule has 7 heteroatoms. The number of aromatic nitrogens is 4. The van der Waals surface area contributed by atoms with Crippen molar-refractivity contribution in [1.29, 1.82) is 0 Å². The van der Waals surface area contributed by atoms with Crippen molar-refractivity contribution in [3.63, 3.8) is 0 Å². The lowest BCUT2D eigenvalue weighted by Crippen LogP contribution is -2.23. The molecule has 4 rings (SSSR count). The molecule has 1 aliphatic heterocycles. The largest absolute Gasteiger partial charge is 0.372 e. The maximum Gasteiger partial charge on any atom is 0.151 e. The lowest BCUT2D eigenvalue weighted by Gasteiger charge is -2.19. The van der Waals surface area contributed by atoms with E-state index in [9.17, 15) is 9.50 Å². The van der Waals surface area contributed by atoms with Crippen molar-refractivity contribution >= 4 is 0 Å². The lowest BCUT2D eigenvalue weighted by molar-refractivity contribution is 0.00372. The SMILES string of the molecule is Cn1cc(-c2cnc(CN3Cc4cccnc4C3O)c(F)c2)cn1. The van der Waals surface area contributed by atoms with E-state index in [0.29, 0.717) is 23.5 Å². The Kier molecular flexibility index (Phi) is 3.59. The number of halogens is 1. The Labute approximate surface area is 138 Å². The van der Waals surface area contributed by atoms with Crippen molar-refractivity contribution in [2.45, 2.75) is 19.3 Å². The zero-order chi connectivity index (χ0) is 16.7. The first kappa shape index (κ1) is 14.9. The standard InChI is InChI=1S/C17H16FN5O/c1-22-8-13(7-21-22)12-5-14(18)15(20-6-12)10-23-9-11-3-2-4-19-16(11)17(23)24/h2-8,17,24H,9-10H2,1H3. The van der Waals surface area contributed by atoms with Crippen LogP contribution in [0.15, 0.2) is 43.0 Å². The average Bonchev–Trinajstić information content (AvgIpc) is 3.14. The van der Waals surface area contributed by atoms with Gasteiger partial charge in [-0.15, -0.1) is 0 Å². The van der Waals surface area contributed by atoms with Gasteiger partial charge in [0, 0.05) is 49.9 Å². The molecule has 0 saturated carbocycles. The van der Waals surface area contributed by atoms with Gasteiger partial charge in [0.05, 0.1) is 17.6 Å². The van der Waals surface area contributed by atoms with E-state index in [1.165, 1.54) is 6.07 Å². The number of aliphatic hydroxyl groups is 1. The van der Waals surface area contributed by atoms with Crippen LogP contribution in [0.2, 0.25) is 0 Å². The third kappa shape index (κ3) is 2.57. The van der Waals surface area contributed by atoms with Crippen LogP contribution in [0, 0.1) is 5.82 Å². The van der Waals surface area contributed by atoms with Crippen LogP contribution in [0.1, 0.15) is 23.2 Å². The van der Waals surface area contributed by atoms with Crippen LogP contribution in [0.5, 0.6) is 0 Å². The van der Waals surface area contributed by atoms with Gasteiger partial charge in [0.1, 0.15) is 5.82 Å². The van der Waals surface area contributed by atoms with Gasteiger partial charge in [-0.2, -0.15) is 5.10 Å². The summed E-state index contributed by atoms with van der Waals surface area (Å²) < 4.78 is 16.1. The normalized spacial score (nSPS) is 17.2. The first-order valence-electron chi connectivity index (χ1n) is 7.61. The quantitative estimate of drug-likeness (QED) is 0.798. The molecule has 0 amide bonds. The van der Waals surface area contributed by atoms with Crippen LogP contribution < -0.4 is 0 Å². The van der Waals surface area contributed by atoms with Crippen molar-refractivity contribution < 1.29 is 9.50 Å². The number of hydrogen-bond donors (Lipinski definition) is 1. The van der Waals surface area contributed by atoms with Crippen LogP contribution in [-0.4, -0.2) is 29.8 Å². The highest BCUT2D eigenvalue weighted by Gasteiger charge is 2.30. The molecule has 1 unspecified atom stereocenters. The van der Waals surface area contributed by atoms with Crippen molar-refractivity contribution in [2.75, 3.05) is 0 Å². The second kappa shape index (κ2) is 5.77. The minimum absolute atomic E-state index is 0.219. The van der Waals surface area contributed by atoms with E-state index in [0.717, 1.165) is 11.1 Å². The molecule has 3 aromatic rings. The summed E-state index contributed by atoms with van der Waals surface area (Å²) in [6.45, 7) is 0.743. The Morgan fingerprint density at radius 3 is 2.88 bits per heavy atom. The zero-order valence-corrected chi connectivity index (χ0v) is 13.1. The van der Waals surface area contributed by atoms with Gasteiger partial charge in [-0.3, -0.25) is 19.5 Å². The Bertz CT molecular complexity index is 894. The Morgan fingerprint density at radius 1 is 1.29 bits per heavy atom. The molecule has 6 nitrogen and oxygen atoms in total. The summed E-state index contributed by atoms with van der Waals surface area (Å²) in [5, 5.41) is 14.4. The second-order valence-electron chi connectivity index (χ2n) is 5.88. The van der Waals surface area contributed by atoms with Crippen molar-refractivity contribution in [1.82, 2.24) is 24.6 Å². The van der Waals surface area contributed by atoms with Crippen molar-refractivity contribution in [3.05, 3.63) is 65.8 Å². The van der Waals surface area contributed by atoms with Crippen LogP contribution in [0.4, 0.5) is 4.39 Å². The van der Waals surface area contributed by atoms with Crippen LogP contribution in [0.3, 0.4) is 0 Å². The van der Waals surface area contributed by atoms with Gasteiger partial charge in [0.15, 0.2) is 6.23 Å². The third-order valence-electron chi connectivity index (χ3n) is 4.20. The van der Waals surface area contributed by atoms with E-state index in [2.05, 4.69) is 15.1 Å². The molecule has 0 bridgehead atoms. The van der Waals surface area contributed by atoms with Crippen LogP contribution >= 0.6 is 0 Å². The predicted octanol–water partition coefficient (Wildman–Crippen LogP) is 2.02. The first-order valence-corrected chi connectivity index (χ1v) is 7.61. The van der Waals surface area contributed by atoms with Gasteiger partial charge in [0.2, 0.25) is 0 Å². The molecule has 0 saturated heterocycles. The molecule has 0 aromatic carbocycles. The summed E-state index contributed by atoms with van der Waals surface area (Å²) >= 11 is 0. The maximum absolute atomic E-state index is 14.4. The highest BCUT2D eigenvalue weighted by molar-refractivity contribution is 5.60. The summed E-state index contributed by atoms with van der Waals surface area (Å²) in [5.74, 6) is -0.396. The lowest BCUT2D eigenvalue weighted by atomic mass is 10.1. The van der Waals surface area contributed by atoms with Crippen molar-refractivity contribution in [3.8, 4) is 11.1 Å². The minimum Gasteiger partial charge on any atom is -0.372 e. The number of nitrogens with zero attached hydrogens (tertiary/aromatic N) is 5. The van der Waals surface area contributed by atoms with E-state index in [-0.39, 0.29) is 6.54 Å². The number of rotatable bonds is 3. The molecular weight excluding hydrogens is 309 g/mol. The van der Waals surface area contributed by atoms with E-state index in [4.69, 9.17) is 0 Å². The monoisotopic (exact) mass is 325 g/mol. The molecule has 0 fully saturated rings. The second-order valence-corrected chi connectivity index (χ2v) is 5.88. The van der Waals surface area contributed by atoms with Gasteiger partial charge >= 0.3 is 0 Å². The fourth-order valence-electron chi connectivity index (χ4n) is 2.94. The summed E-state index contributed by atoms with van der Waals surface area (Å²) in [5.41, 5.74) is 3.38. The summed E-state index contributed by atoms with van der Waals surface area (Å²) in [7, 11) is 1.81. The van der Waals surface area contributed by atoms with E-state index in [1.54, 1.807) is 28.2 Å².